The Morgan fingerprint density at radius 1 is 1.33 bits per heavy atom. The average Bonchev–Trinajstić information content (AvgIpc) is 2.65. The van der Waals surface area contributed by atoms with Crippen LogP contribution in [0.15, 0.2) is 44.0 Å². The second-order valence-electron chi connectivity index (χ2n) is 3.91. The topological polar surface area (TPSA) is 4.93 Å². The lowest BCUT2D eigenvalue weighted by molar-refractivity contribution is 0.881. The maximum absolute atomic E-state index is 5.37. The van der Waals surface area contributed by atoms with E-state index < -0.39 is 0 Å². The van der Waals surface area contributed by atoms with Gasteiger partial charge in [0.1, 0.15) is 0 Å². The molecule has 0 N–H and O–H groups in total. The third-order valence-corrected chi connectivity index (χ3v) is 4.27. The van der Waals surface area contributed by atoms with E-state index in [9.17, 15) is 0 Å². The monoisotopic (exact) mass is 277 g/mol. The van der Waals surface area contributed by atoms with Crippen LogP contribution in [-0.2, 0) is 13.5 Å². The highest BCUT2D eigenvalue weighted by Gasteiger charge is 2.12. The van der Waals surface area contributed by atoms with Gasteiger partial charge in [-0.15, -0.1) is 24.5 Å². The van der Waals surface area contributed by atoms with E-state index in [4.69, 9.17) is 12.2 Å². The van der Waals surface area contributed by atoms with Crippen LogP contribution in [0.5, 0.6) is 0 Å². The maximum Gasteiger partial charge on any atom is 0.161 e. The molecule has 0 aliphatic heterocycles. The van der Waals surface area contributed by atoms with E-state index in [1.807, 2.05) is 25.3 Å². The normalized spacial score (nSPS) is 11.3. The van der Waals surface area contributed by atoms with Crippen molar-refractivity contribution in [1.29, 1.82) is 0 Å². The Hall–Kier alpha value is -1.19. The Morgan fingerprint density at radius 3 is 2.61 bits per heavy atom. The summed E-state index contributed by atoms with van der Waals surface area (Å²) in [6.45, 7) is 11.4. The first-order valence-corrected chi connectivity index (χ1v) is 7.11. The van der Waals surface area contributed by atoms with Gasteiger partial charge >= 0.3 is 0 Å². The van der Waals surface area contributed by atoms with Crippen molar-refractivity contribution in [2.75, 3.05) is 0 Å². The van der Waals surface area contributed by atoms with Crippen LogP contribution in [0.3, 0.4) is 0 Å². The van der Waals surface area contributed by atoms with Gasteiger partial charge in [0.25, 0.3) is 0 Å². The van der Waals surface area contributed by atoms with Crippen molar-refractivity contribution in [3.63, 3.8) is 0 Å². The summed E-state index contributed by atoms with van der Waals surface area (Å²) in [6, 6.07) is 0. The summed E-state index contributed by atoms with van der Waals surface area (Å²) < 4.78 is 2.96. The largest absolute Gasteiger partial charge is 0.326 e. The minimum Gasteiger partial charge on any atom is -0.326 e. The summed E-state index contributed by atoms with van der Waals surface area (Å²) in [7, 11) is 2.01. The van der Waals surface area contributed by atoms with Gasteiger partial charge in [-0.3, -0.25) is 0 Å². The summed E-state index contributed by atoms with van der Waals surface area (Å²) in [6.07, 6.45) is 10.6. The number of thiazole rings is 1. The smallest absolute Gasteiger partial charge is 0.161 e. The lowest BCUT2D eigenvalue weighted by atomic mass is 10.1. The van der Waals surface area contributed by atoms with Crippen LogP contribution < -0.4 is 0 Å². The summed E-state index contributed by atoms with van der Waals surface area (Å²) in [5, 5.41) is 0. The zero-order valence-corrected chi connectivity index (χ0v) is 12.4. The van der Waals surface area contributed by atoms with Gasteiger partial charge in [0.15, 0.2) is 3.95 Å². The molecule has 1 nitrogen and oxygen atoms in total. The summed E-state index contributed by atoms with van der Waals surface area (Å²) in [4.78, 5) is 1.30. The molecule has 96 valence electrons. The second kappa shape index (κ2) is 7.29. The standard InChI is InChI=1S/C15H19NS2/c1-5-8-10-12(7-3)14-13(11-9-6-2)18-15(17)16(14)4/h5-7,10H,1-3,8-9,11H2,4H3/b12-10+. The highest BCUT2D eigenvalue weighted by Crippen LogP contribution is 2.28. The van der Waals surface area contributed by atoms with Crippen LogP contribution in [0.25, 0.3) is 5.57 Å². The molecule has 3 heteroatoms. The molecule has 0 saturated heterocycles. The van der Waals surface area contributed by atoms with Crippen molar-refractivity contribution >= 4 is 29.1 Å². The van der Waals surface area contributed by atoms with Crippen LogP contribution >= 0.6 is 23.6 Å². The number of rotatable bonds is 7. The minimum absolute atomic E-state index is 0.838. The van der Waals surface area contributed by atoms with Crippen LogP contribution in [0.1, 0.15) is 23.4 Å². The summed E-state index contributed by atoms with van der Waals surface area (Å²) >= 11 is 7.04. The molecule has 18 heavy (non-hydrogen) atoms. The lowest BCUT2D eigenvalue weighted by Gasteiger charge is -2.07. The molecule has 0 fully saturated rings. The zero-order chi connectivity index (χ0) is 13.5. The molecule has 0 aliphatic carbocycles. The van der Waals surface area contributed by atoms with Crippen molar-refractivity contribution in [1.82, 2.24) is 4.57 Å². The van der Waals surface area contributed by atoms with Crippen LogP contribution in [0.4, 0.5) is 0 Å². The van der Waals surface area contributed by atoms with Crippen LogP contribution in [0, 0.1) is 3.95 Å². The predicted molar refractivity (Wildman–Crippen MR) is 85.6 cm³/mol. The van der Waals surface area contributed by atoms with Crippen molar-refractivity contribution in [2.24, 2.45) is 7.05 Å². The zero-order valence-electron chi connectivity index (χ0n) is 10.8. The Morgan fingerprint density at radius 2 is 2.06 bits per heavy atom. The first-order chi connectivity index (χ1) is 8.65. The van der Waals surface area contributed by atoms with Gasteiger partial charge in [0.2, 0.25) is 0 Å². The molecular formula is C15H19NS2. The number of aromatic nitrogens is 1. The summed E-state index contributed by atoms with van der Waals surface area (Å²) in [5.74, 6) is 0. The number of nitrogens with zero attached hydrogens (tertiary/aromatic N) is 1. The van der Waals surface area contributed by atoms with E-state index in [1.165, 1.54) is 10.6 Å². The third kappa shape index (κ3) is 3.40. The fraction of sp³-hybridized carbons (Fsp3) is 0.267. The second-order valence-corrected chi connectivity index (χ2v) is 5.64. The van der Waals surface area contributed by atoms with Crippen molar-refractivity contribution < 1.29 is 0 Å². The summed E-state index contributed by atoms with van der Waals surface area (Å²) in [5.41, 5.74) is 2.31. The van der Waals surface area contributed by atoms with E-state index in [-0.39, 0.29) is 0 Å². The molecule has 0 amide bonds. The van der Waals surface area contributed by atoms with Crippen LogP contribution in [-0.4, -0.2) is 4.57 Å². The van der Waals surface area contributed by atoms with Crippen LogP contribution in [0.2, 0.25) is 0 Å². The molecule has 1 aromatic heterocycles. The number of allylic oxidation sites excluding steroid dienone is 5. The molecule has 0 aromatic carbocycles. The quantitative estimate of drug-likeness (QED) is 0.382. The molecule has 0 spiro atoms. The van der Waals surface area contributed by atoms with Gasteiger partial charge in [-0.25, -0.2) is 0 Å². The van der Waals surface area contributed by atoms with E-state index in [0.717, 1.165) is 28.8 Å². The van der Waals surface area contributed by atoms with Crippen molar-refractivity contribution in [2.45, 2.75) is 19.3 Å². The minimum atomic E-state index is 0.838. The molecular weight excluding hydrogens is 258 g/mol. The van der Waals surface area contributed by atoms with Crippen molar-refractivity contribution in [3.05, 3.63) is 58.6 Å². The predicted octanol–water partition coefficient (Wildman–Crippen LogP) is 5.08. The lowest BCUT2D eigenvalue weighted by Crippen LogP contribution is -1.98. The molecule has 0 bridgehead atoms. The Kier molecular flexibility index (Phi) is 6.02. The molecule has 0 saturated carbocycles. The van der Waals surface area contributed by atoms with Gasteiger partial charge in [0, 0.05) is 11.9 Å². The first-order valence-electron chi connectivity index (χ1n) is 5.89. The molecule has 1 rings (SSSR count). The van der Waals surface area contributed by atoms with E-state index >= 15 is 0 Å². The number of hydrogen-bond donors (Lipinski definition) is 0. The molecule has 1 heterocycles. The van der Waals surface area contributed by atoms with Gasteiger partial charge in [-0.2, -0.15) is 0 Å². The number of hydrogen-bond acceptors (Lipinski definition) is 2. The Bertz CT molecular complexity index is 529. The molecule has 1 aromatic rings. The van der Waals surface area contributed by atoms with Gasteiger partial charge in [0.05, 0.1) is 5.69 Å². The van der Waals surface area contributed by atoms with E-state index in [1.54, 1.807) is 11.3 Å². The van der Waals surface area contributed by atoms with Gasteiger partial charge in [-0.1, -0.05) is 30.9 Å². The van der Waals surface area contributed by atoms with Gasteiger partial charge < -0.3 is 4.57 Å². The fourth-order valence-corrected chi connectivity index (χ4v) is 3.15. The first kappa shape index (κ1) is 14.9. The Labute approximate surface area is 118 Å². The molecule has 0 aliphatic rings. The van der Waals surface area contributed by atoms with Crippen molar-refractivity contribution in [3.8, 4) is 0 Å². The molecule has 0 radical (unpaired) electrons. The van der Waals surface area contributed by atoms with Gasteiger partial charge in [-0.05, 0) is 37.1 Å². The Balaban J connectivity index is 3.26. The molecule has 0 unspecified atom stereocenters. The SMILES string of the molecule is C=CC/C=C(\C=C)c1c(CCC=C)sc(=S)n1C. The number of aryl methyl sites for hydroxylation is 1. The maximum atomic E-state index is 5.37. The van der Waals surface area contributed by atoms with E-state index in [2.05, 4.69) is 30.4 Å². The van der Waals surface area contributed by atoms with E-state index in [0.29, 0.717) is 0 Å². The third-order valence-electron chi connectivity index (χ3n) is 2.66. The highest BCUT2D eigenvalue weighted by molar-refractivity contribution is 7.73. The fourth-order valence-electron chi connectivity index (χ4n) is 1.74. The molecule has 0 atom stereocenters. The highest BCUT2D eigenvalue weighted by atomic mass is 32.1. The average molecular weight is 277 g/mol.